The van der Waals surface area contributed by atoms with E-state index in [1.165, 1.54) is 17.5 Å². The highest BCUT2D eigenvalue weighted by molar-refractivity contribution is 5.27. The third kappa shape index (κ3) is 2.37. The van der Waals surface area contributed by atoms with Gasteiger partial charge in [-0.25, -0.2) is 0 Å². The second-order valence-corrected chi connectivity index (χ2v) is 6.69. The van der Waals surface area contributed by atoms with E-state index >= 15 is 0 Å². The van der Waals surface area contributed by atoms with Gasteiger partial charge in [0.1, 0.15) is 0 Å². The number of fused-ring (bicyclic) bond motifs is 2. The van der Waals surface area contributed by atoms with Gasteiger partial charge in [0.15, 0.2) is 0 Å². The number of hydrogen-bond donors (Lipinski definition) is 2. The molecule has 2 aliphatic rings. The van der Waals surface area contributed by atoms with Crippen LogP contribution in [0.3, 0.4) is 0 Å². The fourth-order valence-corrected chi connectivity index (χ4v) is 4.42. The smallest absolute Gasteiger partial charge is 0.0632 e. The zero-order chi connectivity index (χ0) is 14.9. The summed E-state index contributed by atoms with van der Waals surface area (Å²) in [4.78, 5) is 0. The minimum Gasteiger partial charge on any atom is -0.392 e. The normalized spacial score (nSPS) is 34.3. The Morgan fingerprint density at radius 3 is 1.64 bits per heavy atom. The molecule has 22 heavy (non-hydrogen) atoms. The minimum absolute atomic E-state index is 0.203. The van der Waals surface area contributed by atoms with Gasteiger partial charge in [-0.2, -0.15) is 0 Å². The molecule has 1 saturated heterocycles. The number of aliphatic hydroxyl groups is 1. The van der Waals surface area contributed by atoms with Crippen LogP contribution >= 0.6 is 0 Å². The number of nitrogens with one attached hydrogen (secondary N) is 1. The van der Waals surface area contributed by atoms with Gasteiger partial charge in [-0.15, -0.1) is 0 Å². The maximum Gasteiger partial charge on any atom is 0.0632 e. The lowest BCUT2D eigenvalue weighted by molar-refractivity contribution is -0.0517. The van der Waals surface area contributed by atoms with Gasteiger partial charge < -0.3 is 10.4 Å². The molecule has 2 nitrogen and oxygen atoms in total. The lowest BCUT2D eigenvalue weighted by Crippen LogP contribution is -2.52. The third-order valence-corrected chi connectivity index (χ3v) is 5.49. The summed E-state index contributed by atoms with van der Waals surface area (Å²) in [5, 5.41) is 14.8. The Balaban J connectivity index is 1.71. The van der Waals surface area contributed by atoms with Gasteiger partial charge in [0.05, 0.1) is 6.10 Å². The minimum atomic E-state index is -0.203. The average Bonchev–Trinajstić information content (AvgIpc) is 2.57. The van der Waals surface area contributed by atoms with Crippen LogP contribution in [0, 0.1) is 11.8 Å². The predicted octanol–water partition coefficient (Wildman–Crippen LogP) is 3.85. The Bertz CT molecular complexity index is 559. The molecule has 0 aromatic heterocycles. The maximum atomic E-state index is 10.9. The van der Waals surface area contributed by atoms with Gasteiger partial charge in [0, 0.05) is 23.9 Å². The molecular weight excluding hydrogens is 270 g/mol. The van der Waals surface area contributed by atoms with Gasteiger partial charge in [0.2, 0.25) is 0 Å². The van der Waals surface area contributed by atoms with Crippen LogP contribution in [0.25, 0.3) is 0 Å². The van der Waals surface area contributed by atoms with Crippen molar-refractivity contribution in [3.63, 3.8) is 0 Å². The SMILES string of the molecule is OC1[C@@H]2CCC[C@@H]1[C@H](c1ccccc1)N[C@@H]2c1ccccc1. The van der Waals surface area contributed by atoms with E-state index in [4.69, 9.17) is 0 Å². The average molecular weight is 293 g/mol. The molecule has 2 aromatic carbocycles. The number of hydrogen-bond acceptors (Lipinski definition) is 2. The number of rotatable bonds is 2. The fourth-order valence-electron chi connectivity index (χ4n) is 4.42. The molecule has 1 unspecified atom stereocenters. The number of aliphatic hydroxyl groups excluding tert-OH is 1. The molecule has 4 rings (SSSR count). The predicted molar refractivity (Wildman–Crippen MR) is 88.3 cm³/mol. The van der Waals surface area contributed by atoms with Crippen LogP contribution in [0.5, 0.6) is 0 Å². The second-order valence-electron chi connectivity index (χ2n) is 6.69. The van der Waals surface area contributed by atoms with E-state index in [-0.39, 0.29) is 18.2 Å². The zero-order valence-electron chi connectivity index (χ0n) is 12.7. The van der Waals surface area contributed by atoms with E-state index in [1.807, 2.05) is 0 Å². The highest BCUT2D eigenvalue weighted by atomic mass is 16.3. The first-order valence-electron chi connectivity index (χ1n) is 8.38. The van der Waals surface area contributed by atoms with Crippen LogP contribution in [0.15, 0.2) is 60.7 Å². The van der Waals surface area contributed by atoms with Crippen LogP contribution in [0.2, 0.25) is 0 Å². The quantitative estimate of drug-likeness (QED) is 0.881. The van der Waals surface area contributed by atoms with E-state index in [1.54, 1.807) is 0 Å². The summed E-state index contributed by atoms with van der Waals surface area (Å²) in [6.07, 6.45) is 3.25. The van der Waals surface area contributed by atoms with E-state index in [0.717, 1.165) is 12.8 Å². The van der Waals surface area contributed by atoms with Gasteiger partial charge in [-0.1, -0.05) is 67.1 Å². The fraction of sp³-hybridized carbons (Fsp3) is 0.400. The first-order chi connectivity index (χ1) is 10.8. The van der Waals surface area contributed by atoms with Crippen LogP contribution < -0.4 is 5.32 Å². The molecule has 1 aliphatic heterocycles. The summed E-state index contributed by atoms with van der Waals surface area (Å²) >= 11 is 0. The third-order valence-electron chi connectivity index (χ3n) is 5.49. The summed E-state index contributed by atoms with van der Waals surface area (Å²) < 4.78 is 0. The Labute approximate surface area is 132 Å². The molecule has 1 heterocycles. The highest BCUT2D eigenvalue weighted by Crippen LogP contribution is 2.47. The van der Waals surface area contributed by atoms with Crippen molar-refractivity contribution < 1.29 is 5.11 Å². The van der Waals surface area contributed by atoms with Crippen molar-refractivity contribution in [3.05, 3.63) is 71.8 Å². The van der Waals surface area contributed by atoms with Crippen molar-refractivity contribution in [3.8, 4) is 0 Å². The van der Waals surface area contributed by atoms with Crippen molar-refractivity contribution >= 4 is 0 Å². The summed E-state index contributed by atoms with van der Waals surface area (Å²) in [6.45, 7) is 0. The van der Waals surface area contributed by atoms with Crippen molar-refractivity contribution in [2.24, 2.45) is 11.8 Å². The van der Waals surface area contributed by atoms with Crippen molar-refractivity contribution in [1.29, 1.82) is 0 Å². The lowest BCUT2D eigenvalue weighted by atomic mass is 9.66. The molecule has 0 radical (unpaired) electrons. The molecule has 0 amide bonds. The van der Waals surface area contributed by atoms with Gasteiger partial charge in [-0.05, 0) is 24.0 Å². The lowest BCUT2D eigenvalue weighted by Gasteiger charge is -2.50. The van der Waals surface area contributed by atoms with Crippen molar-refractivity contribution in [1.82, 2.24) is 5.32 Å². The van der Waals surface area contributed by atoms with Crippen molar-refractivity contribution in [2.75, 3.05) is 0 Å². The van der Waals surface area contributed by atoms with E-state index in [0.29, 0.717) is 11.8 Å². The Kier molecular flexibility index (Phi) is 3.73. The summed E-state index contributed by atoms with van der Waals surface area (Å²) in [5.74, 6) is 0.669. The molecule has 1 aliphatic carbocycles. The molecule has 1 saturated carbocycles. The number of benzene rings is 2. The van der Waals surface area contributed by atoms with Crippen LogP contribution in [-0.2, 0) is 0 Å². The Morgan fingerprint density at radius 2 is 1.18 bits per heavy atom. The monoisotopic (exact) mass is 293 g/mol. The van der Waals surface area contributed by atoms with E-state index in [2.05, 4.69) is 66.0 Å². The van der Waals surface area contributed by atoms with Crippen LogP contribution in [0.4, 0.5) is 0 Å². The van der Waals surface area contributed by atoms with E-state index < -0.39 is 0 Å². The summed E-state index contributed by atoms with van der Waals surface area (Å²) in [6, 6.07) is 21.7. The Hall–Kier alpha value is -1.64. The van der Waals surface area contributed by atoms with Crippen molar-refractivity contribution in [2.45, 2.75) is 37.5 Å². The Morgan fingerprint density at radius 1 is 0.727 bits per heavy atom. The standard InChI is InChI=1S/C20H23NO/c22-20-16-12-7-13-17(20)19(15-10-5-2-6-11-15)21-18(16)14-8-3-1-4-9-14/h1-6,8-11,16-22H,7,12-13H2/t16-,17-,18-,19+,20?/m1/s1. The molecule has 2 aromatic rings. The first-order valence-corrected chi connectivity index (χ1v) is 8.38. The van der Waals surface area contributed by atoms with E-state index in [9.17, 15) is 5.11 Å². The summed E-state index contributed by atoms with van der Waals surface area (Å²) in [5.41, 5.74) is 2.60. The van der Waals surface area contributed by atoms with Gasteiger partial charge in [-0.3, -0.25) is 0 Å². The van der Waals surface area contributed by atoms with Crippen LogP contribution in [0.1, 0.15) is 42.5 Å². The van der Waals surface area contributed by atoms with Gasteiger partial charge in [0.25, 0.3) is 0 Å². The zero-order valence-corrected chi connectivity index (χ0v) is 12.7. The van der Waals surface area contributed by atoms with Crippen LogP contribution in [-0.4, -0.2) is 11.2 Å². The maximum absolute atomic E-state index is 10.9. The first kappa shape index (κ1) is 14.0. The molecule has 2 heteroatoms. The molecule has 0 spiro atoms. The topological polar surface area (TPSA) is 32.3 Å². The molecule has 5 atom stereocenters. The molecule has 2 fully saturated rings. The highest BCUT2D eigenvalue weighted by Gasteiger charge is 2.46. The number of piperidine rings is 1. The molecule has 114 valence electrons. The second kappa shape index (κ2) is 5.86. The van der Waals surface area contributed by atoms with Gasteiger partial charge >= 0.3 is 0 Å². The molecule has 2 bridgehead atoms. The largest absolute Gasteiger partial charge is 0.392 e. The summed E-state index contributed by atoms with van der Waals surface area (Å²) in [7, 11) is 0. The molecular formula is C20H23NO. The molecule has 2 N–H and O–H groups in total.